The van der Waals surface area contributed by atoms with E-state index in [4.69, 9.17) is 13.3 Å². The zero-order valence-electron chi connectivity index (χ0n) is 23.1. The first kappa shape index (κ1) is 29.1. The third-order valence-corrected chi connectivity index (χ3v) is 14.1. The molecule has 1 fully saturated rings. The van der Waals surface area contributed by atoms with Crippen molar-refractivity contribution in [2.75, 3.05) is 13.2 Å². The van der Waals surface area contributed by atoms with Crippen LogP contribution in [0, 0.1) is 36.5 Å². The maximum atomic E-state index is 13.1. The van der Waals surface area contributed by atoms with Gasteiger partial charge in [-0.1, -0.05) is 57.5 Å². The van der Waals surface area contributed by atoms with Crippen LogP contribution in [0.4, 0.5) is 0 Å². The molecule has 1 aromatic carbocycles. The Labute approximate surface area is 219 Å². The van der Waals surface area contributed by atoms with Crippen molar-refractivity contribution >= 4 is 24.4 Å². The third kappa shape index (κ3) is 6.50. The van der Waals surface area contributed by atoms with Crippen molar-refractivity contribution in [2.45, 2.75) is 83.5 Å². The van der Waals surface area contributed by atoms with Crippen molar-refractivity contribution in [3.63, 3.8) is 0 Å². The lowest BCUT2D eigenvalue weighted by Crippen LogP contribution is -2.53. The first-order valence-electron chi connectivity index (χ1n) is 13.1. The number of rotatable bonds is 8. The average molecular weight is 537 g/mol. The number of ether oxygens (including phenoxy) is 1. The fourth-order valence-electron chi connectivity index (χ4n) is 5.28. The van der Waals surface area contributed by atoms with Crippen LogP contribution in [0.25, 0.3) is 0 Å². The Morgan fingerprint density at radius 2 is 1.72 bits per heavy atom. The number of esters is 1. The number of benzene rings is 1. The number of allylic oxidation sites excluding steroid dienone is 2. The molecule has 0 saturated heterocycles. The highest BCUT2D eigenvalue weighted by Gasteiger charge is 2.51. The SMILES string of the molecule is CCOC(=O)[C@@H]1C2C(C=C[C@@H]1C)C[C@H](COS(=O)(=O)c1ccc(C)cc1)CC2O[Si](C)(C)C(C)(C)C. The minimum absolute atomic E-state index is 0.00198. The molecule has 0 amide bonds. The van der Waals surface area contributed by atoms with Gasteiger partial charge in [0, 0.05) is 12.0 Å². The molecule has 2 aliphatic rings. The maximum Gasteiger partial charge on any atom is 0.309 e. The van der Waals surface area contributed by atoms with Gasteiger partial charge in [-0.2, -0.15) is 8.42 Å². The van der Waals surface area contributed by atoms with Gasteiger partial charge in [0.1, 0.15) is 0 Å². The van der Waals surface area contributed by atoms with E-state index < -0.39 is 18.4 Å². The standard InChI is InChI=1S/C28H44O6SSi/c1-9-32-27(29)25-20(3)12-13-22-16-21(17-24(26(22)25)34-36(7,8)28(4,5)6)18-33-35(30,31)23-14-10-19(2)11-15-23/h10-15,20-22,24-26H,9,16-18H2,1-8H3/t20-,21-,22?,24?,25-,26?/m0/s1. The van der Waals surface area contributed by atoms with Crippen LogP contribution in [0.3, 0.4) is 0 Å². The predicted octanol–water partition coefficient (Wildman–Crippen LogP) is 6.12. The van der Waals surface area contributed by atoms with Gasteiger partial charge < -0.3 is 9.16 Å². The van der Waals surface area contributed by atoms with Gasteiger partial charge >= 0.3 is 5.97 Å². The smallest absolute Gasteiger partial charge is 0.309 e. The molecule has 1 saturated carbocycles. The van der Waals surface area contributed by atoms with Crippen LogP contribution < -0.4 is 0 Å². The molecule has 0 radical (unpaired) electrons. The van der Waals surface area contributed by atoms with E-state index in [9.17, 15) is 13.2 Å². The summed E-state index contributed by atoms with van der Waals surface area (Å²) in [7, 11) is -6.00. The Balaban J connectivity index is 1.86. The highest BCUT2D eigenvalue weighted by Crippen LogP contribution is 2.49. The lowest BCUT2D eigenvalue weighted by atomic mass is 9.62. The number of fused-ring (bicyclic) bond motifs is 1. The molecule has 36 heavy (non-hydrogen) atoms. The van der Waals surface area contributed by atoms with E-state index >= 15 is 0 Å². The monoisotopic (exact) mass is 536 g/mol. The number of hydrogen-bond acceptors (Lipinski definition) is 6. The summed E-state index contributed by atoms with van der Waals surface area (Å²) in [4.78, 5) is 13.3. The summed E-state index contributed by atoms with van der Waals surface area (Å²) in [5, 5.41) is 0.0102. The number of hydrogen-bond donors (Lipinski definition) is 0. The second kappa shape index (κ2) is 11.1. The zero-order chi connectivity index (χ0) is 26.9. The van der Waals surface area contributed by atoms with Crippen molar-refractivity contribution in [3.05, 3.63) is 42.0 Å². The summed E-state index contributed by atoms with van der Waals surface area (Å²) in [5.41, 5.74) is 0.993. The summed E-state index contributed by atoms with van der Waals surface area (Å²) in [5.74, 6) is -0.261. The van der Waals surface area contributed by atoms with E-state index in [2.05, 4.69) is 52.9 Å². The average Bonchev–Trinajstić information content (AvgIpc) is 2.77. The number of carbonyl (C=O) groups is 1. The molecule has 6 atom stereocenters. The van der Waals surface area contributed by atoms with Crippen LogP contribution in [0.15, 0.2) is 41.3 Å². The van der Waals surface area contributed by atoms with E-state index in [0.717, 1.165) is 12.0 Å². The highest BCUT2D eigenvalue weighted by molar-refractivity contribution is 7.86. The van der Waals surface area contributed by atoms with E-state index in [1.54, 1.807) is 24.3 Å². The Kier molecular flexibility index (Phi) is 8.96. The van der Waals surface area contributed by atoms with Gasteiger partial charge in [0.05, 0.1) is 24.0 Å². The summed E-state index contributed by atoms with van der Waals surface area (Å²) in [6.45, 7) is 17.4. The van der Waals surface area contributed by atoms with Gasteiger partial charge in [0.2, 0.25) is 0 Å². The summed E-state index contributed by atoms with van der Waals surface area (Å²) < 4.78 is 43.7. The normalized spacial score (nSPS) is 29.0. The van der Waals surface area contributed by atoms with E-state index in [0.29, 0.717) is 13.0 Å². The van der Waals surface area contributed by atoms with Crippen LogP contribution in [0.1, 0.15) is 53.0 Å². The molecule has 0 aliphatic heterocycles. The van der Waals surface area contributed by atoms with Crippen LogP contribution >= 0.6 is 0 Å². The Bertz CT molecular complexity index is 1040. The topological polar surface area (TPSA) is 78.9 Å². The Morgan fingerprint density at radius 3 is 2.31 bits per heavy atom. The molecule has 3 rings (SSSR count). The Hall–Kier alpha value is -1.48. The minimum Gasteiger partial charge on any atom is -0.466 e. The third-order valence-electron chi connectivity index (χ3n) is 8.32. The van der Waals surface area contributed by atoms with E-state index in [1.165, 1.54) is 0 Å². The molecule has 0 spiro atoms. The molecule has 0 N–H and O–H groups in total. The predicted molar refractivity (Wildman–Crippen MR) is 145 cm³/mol. The second-order valence-electron chi connectivity index (χ2n) is 12.1. The fourth-order valence-corrected chi connectivity index (χ4v) is 7.62. The maximum absolute atomic E-state index is 13.1. The van der Waals surface area contributed by atoms with Crippen molar-refractivity contribution in [2.24, 2.45) is 29.6 Å². The summed E-state index contributed by atoms with van der Waals surface area (Å²) >= 11 is 0. The number of carbonyl (C=O) groups excluding carboxylic acids is 1. The van der Waals surface area contributed by atoms with Gasteiger partial charge in [-0.15, -0.1) is 0 Å². The molecule has 0 bridgehead atoms. The van der Waals surface area contributed by atoms with Gasteiger partial charge in [-0.25, -0.2) is 0 Å². The lowest BCUT2D eigenvalue weighted by molar-refractivity contribution is -0.157. The van der Waals surface area contributed by atoms with Crippen LogP contribution in [-0.2, 0) is 28.3 Å². The van der Waals surface area contributed by atoms with Gasteiger partial charge in [0.25, 0.3) is 10.1 Å². The lowest BCUT2D eigenvalue weighted by Gasteiger charge is -2.50. The molecule has 6 nitrogen and oxygen atoms in total. The first-order chi connectivity index (χ1) is 16.7. The zero-order valence-corrected chi connectivity index (χ0v) is 24.9. The van der Waals surface area contributed by atoms with E-state index in [1.807, 2.05) is 13.8 Å². The molecule has 0 aromatic heterocycles. The molecular formula is C28H44O6SSi. The molecule has 8 heteroatoms. The second-order valence-corrected chi connectivity index (χ2v) is 18.4. The minimum atomic E-state index is -3.85. The molecule has 0 heterocycles. The molecule has 3 unspecified atom stereocenters. The van der Waals surface area contributed by atoms with Gasteiger partial charge in [-0.3, -0.25) is 8.98 Å². The summed E-state index contributed by atoms with van der Waals surface area (Å²) in [6, 6.07) is 6.71. The molecule has 1 aromatic rings. The fraction of sp³-hybridized carbons (Fsp3) is 0.679. The molecular weight excluding hydrogens is 492 g/mol. The highest BCUT2D eigenvalue weighted by atomic mass is 32.2. The molecule has 2 aliphatic carbocycles. The van der Waals surface area contributed by atoms with E-state index in [-0.39, 0.29) is 58.2 Å². The van der Waals surface area contributed by atoms with Gasteiger partial charge in [-0.05, 0) is 74.7 Å². The quantitative estimate of drug-likeness (QED) is 0.172. The van der Waals surface area contributed by atoms with Crippen molar-refractivity contribution in [1.29, 1.82) is 0 Å². The summed E-state index contributed by atoms with van der Waals surface area (Å²) in [6.07, 6.45) is 5.56. The Morgan fingerprint density at radius 1 is 1.08 bits per heavy atom. The van der Waals surface area contributed by atoms with Crippen molar-refractivity contribution < 1.29 is 26.6 Å². The van der Waals surface area contributed by atoms with Gasteiger partial charge in [0.15, 0.2) is 8.32 Å². The van der Waals surface area contributed by atoms with Crippen LogP contribution in [-0.4, -0.2) is 42.0 Å². The first-order valence-corrected chi connectivity index (χ1v) is 17.5. The molecule has 202 valence electrons. The van der Waals surface area contributed by atoms with Crippen LogP contribution in [0.2, 0.25) is 18.1 Å². The van der Waals surface area contributed by atoms with Crippen molar-refractivity contribution in [1.82, 2.24) is 0 Å². The largest absolute Gasteiger partial charge is 0.466 e. The number of aryl methyl sites for hydroxylation is 1. The van der Waals surface area contributed by atoms with Crippen molar-refractivity contribution in [3.8, 4) is 0 Å². The van der Waals surface area contributed by atoms with Crippen LogP contribution in [0.5, 0.6) is 0 Å².